The molecule has 1 aromatic rings. The SMILES string of the molecule is COc1cc(NC(=O)N[C@@H](C(=O)O)C(C)C)ccc1Cl. The number of hydrogen-bond donors (Lipinski definition) is 3. The summed E-state index contributed by atoms with van der Waals surface area (Å²) >= 11 is 5.87. The molecule has 7 heteroatoms. The first-order chi connectivity index (χ1) is 9.35. The fourth-order valence-corrected chi connectivity index (χ4v) is 1.75. The number of hydrogen-bond acceptors (Lipinski definition) is 3. The molecule has 20 heavy (non-hydrogen) atoms. The fraction of sp³-hybridized carbons (Fsp3) is 0.385. The van der Waals surface area contributed by atoms with Gasteiger partial charge in [0.1, 0.15) is 11.8 Å². The number of carbonyl (C=O) groups excluding carboxylic acids is 1. The van der Waals surface area contributed by atoms with Crippen molar-refractivity contribution in [1.82, 2.24) is 5.32 Å². The second-order valence-corrected chi connectivity index (χ2v) is 4.91. The Kier molecular flexibility index (Phi) is 5.64. The van der Waals surface area contributed by atoms with Gasteiger partial charge in [-0.3, -0.25) is 0 Å². The number of carboxylic acids is 1. The van der Waals surface area contributed by atoms with Gasteiger partial charge in [-0.25, -0.2) is 9.59 Å². The molecule has 3 N–H and O–H groups in total. The third-order valence-electron chi connectivity index (χ3n) is 2.63. The number of carbonyl (C=O) groups is 2. The number of aliphatic carboxylic acids is 1. The topological polar surface area (TPSA) is 87.7 Å². The van der Waals surface area contributed by atoms with Crippen LogP contribution < -0.4 is 15.4 Å². The van der Waals surface area contributed by atoms with E-state index in [2.05, 4.69) is 10.6 Å². The molecule has 0 fully saturated rings. The average Bonchev–Trinajstić information content (AvgIpc) is 2.37. The van der Waals surface area contributed by atoms with E-state index in [0.29, 0.717) is 16.5 Å². The smallest absolute Gasteiger partial charge is 0.326 e. The molecular formula is C13H17ClN2O4. The van der Waals surface area contributed by atoms with Crippen LogP contribution in [-0.4, -0.2) is 30.3 Å². The number of halogens is 1. The summed E-state index contributed by atoms with van der Waals surface area (Å²) < 4.78 is 5.03. The Labute approximate surface area is 122 Å². The molecular weight excluding hydrogens is 284 g/mol. The number of benzene rings is 1. The number of anilines is 1. The van der Waals surface area contributed by atoms with Gasteiger partial charge >= 0.3 is 12.0 Å². The lowest BCUT2D eigenvalue weighted by molar-refractivity contribution is -0.140. The minimum atomic E-state index is -1.08. The summed E-state index contributed by atoms with van der Waals surface area (Å²) in [6.07, 6.45) is 0. The van der Waals surface area contributed by atoms with Crippen LogP contribution >= 0.6 is 11.6 Å². The highest BCUT2D eigenvalue weighted by Crippen LogP contribution is 2.27. The monoisotopic (exact) mass is 300 g/mol. The number of methoxy groups -OCH3 is 1. The van der Waals surface area contributed by atoms with E-state index in [1.165, 1.54) is 7.11 Å². The van der Waals surface area contributed by atoms with Gasteiger partial charge in [0.2, 0.25) is 0 Å². The summed E-state index contributed by atoms with van der Waals surface area (Å²) in [5.41, 5.74) is 0.455. The number of amides is 2. The third-order valence-corrected chi connectivity index (χ3v) is 2.94. The van der Waals surface area contributed by atoms with Crippen molar-refractivity contribution in [3.63, 3.8) is 0 Å². The maximum Gasteiger partial charge on any atom is 0.326 e. The van der Waals surface area contributed by atoms with Gasteiger partial charge < -0.3 is 20.5 Å². The molecule has 0 saturated carbocycles. The van der Waals surface area contributed by atoms with E-state index in [0.717, 1.165) is 0 Å². The molecule has 0 heterocycles. The lowest BCUT2D eigenvalue weighted by Crippen LogP contribution is -2.46. The van der Waals surface area contributed by atoms with Gasteiger partial charge in [0.25, 0.3) is 0 Å². The lowest BCUT2D eigenvalue weighted by Gasteiger charge is -2.18. The molecule has 0 bridgehead atoms. The molecule has 6 nitrogen and oxygen atoms in total. The Bertz CT molecular complexity index is 505. The summed E-state index contributed by atoms with van der Waals surface area (Å²) in [6.45, 7) is 3.43. The van der Waals surface area contributed by atoms with Gasteiger partial charge in [0.05, 0.1) is 12.1 Å². The molecule has 110 valence electrons. The fourth-order valence-electron chi connectivity index (χ4n) is 1.56. The predicted molar refractivity (Wildman–Crippen MR) is 76.4 cm³/mol. The van der Waals surface area contributed by atoms with E-state index in [1.807, 2.05) is 0 Å². The second-order valence-electron chi connectivity index (χ2n) is 4.51. The first-order valence-corrected chi connectivity index (χ1v) is 6.36. The number of ether oxygens (including phenoxy) is 1. The minimum absolute atomic E-state index is 0.224. The highest BCUT2D eigenvalue weighted by Gasteiger charge is 2.23. The summed E-state index contributed by atoms with van der Waals surface area (Å²) in [4.78, 5) is 22.8. The van der Waals surface area contributed by atoms with Crippen LogP contribution in [0.5, 0.6) is 5.75 Å². The largest absolute Gasteiger partial charge is 0.495 e. The van der Waals surface area contributed by atoms with Crippen molar-refractivity contribution in [2.75, 3.05) is 12.4 Å². The lowest BCUT2D eigenvalue weighted by atomic mass is 10.1. The molecule has 1 aromatic carbocycles. The van der Waals surface area contributed by atoms with E-state index in [4.69, 9.17) is 21.4 Å². The summed E-state index contributed by atoms with van der Waals surface area (Å²) in [5.74, 6) is -0.884. The summed E-state index contributed by atoms with van der Waals surface area (Å²) in [7, 11) is 1.46. The Hall–Kier alpha value is -1.95. The van der Waals surface area contributed by atoms with Crippen molar-refractivity contribution < 1.29 is 19.4 Å². The van der Waals surface area contributed by atoms with Crippen molar-refractivity contribution in [3.05, 3.63) is 23.2 Å². The first-order valence-electron chi connectivity index (χ1n) is 5.99. The van der Waals surface area contributed by atoms with Gasteiger partial charge in [-0.15, -0.1) is 0 Å². The summed E-state index contributed by atoms with van der Waals surface area (Å²) in [5, 5.41) is 14.3. The van der Waals surface area contributed by atoms with E-state index in [9.17, 15) is 9.59 Å². The van der Waals surface area contributed by atoms with Crippen LogP contribution in [0.3, 0.4) is 0 Å². The predicted octanol–water partition coefficient (Wildman–Crippen LogP) is 2.58. The highest BCUT2D eigenvalue weighted by atomic mass is 35.5. The van der Waals surface area contributed by atoms with Crippen LogP contribution in [0.25, 0.3) is 0 Å². The summed E-state index contributed by atoms with van der Waals surface area (Å²) in [6, 6.07) is 3.16. The van der Waals surface area contributed by atoms with Crippen LogP contribution in [-0.2, 0) is 4.79 Å². The number of nitrogens with one attached hydrogen (secondary N) is 2. The Morgan fingerprint density at radius 3 is 2.50 bits per heavy atom. The molecule has 0 unspecified atom stereocenters. The zero-order chi connectivity index (χ0) is 15.3. The van der Waals surface area contributed by atoms with Crippen molar-refractivity contribution in [2.45, 2.75) is 19.9 Å². The van der Waals surface area contributed by atoms with Crippen molar-refractivity contribution in [1.29, 1.82) is 0 Å². The van der Waals surface area contributed by atoms with Crippen molar-refractivity contribution in [3.8, 4) is 5.75 Å². The number of urea groups is 1. The van der Waals surface area contributed by atoms with Crippen LogP contribution in [0.4, 0.5) is 10.5 Å². The molecule has 0 aliphatic heterocycles. The molecule has 0 aliphatic carbocycles. The Morgan fingerprint density at radius 1 is 1.35 bits per heavy atom. The number of carboxylic acid groups (broad SMARTS) is 1. The standard InChI is InChI=1S/C13H17ClN2O4/c1-7(2)11(12(17)18)16-13(19)15-8-4-5-9(14)10(6-8)20-3/h4-7,11H,1-3H3,(H,17,18)(H2,15,16,19)/t11-/m1/s1. The van der Waals surface area contributed by atoms with E-state index < -0.39 is 18.0 Å². The zero-order valence-electron chi connectivity index (χ0n) is 11.4. The van der Waals surface area contributed by atoms with Crippen molar-refractivity contribution >= 4 is 29.3 Å². The zero-order valence-corrected chi connectivity index (χ0v) is 12.2. The molecule has 2 amide bonds. The first kappa shape index (κ1) is 16.1. The van der Waals surface area contributed by atoms with E-state index in [-0.39, 0.29) is 5.92 Å². The van der Waals surface area contributed by atoms with Gasteiger partial charge in [-0.2, -0.15) is 0 Å². The van der Waals surface area contributed by atoms with Gasteiger partial charge in [-0.05, 0) is 18.1 Å². The maximum atomic E-state index is 11.8. The molecule has 0 saturated heterocycles. The Balaban J connectivity index is 2.73. The maximum absolute atomic E-state index is 11.8. The number of rotatable bonds is 5. The third kappa shape index (κ3) is 4.31. The van der Waals surface area contributed by atoms with Crippen LogP contribution in [0.2, 0.25) is 5.02 Å². The molecule has 0 aromatic heterocycles. The quantitative estimate of drug-likeness (QED) is 0.780. The van der Waals surface area contributed by atoms with E-state index in [1.54, 1.807) is 32.0 Å². The molecule has 0 aliphatic rings. The minimum Gasteiger partial charge on any atom is -0.495 e. The highest BCUT2D eigenvalue weighted by molar-refractivity contribution is 6.32. The Morgan fingerprint density at radius 2 is 2.00 bits per heavy atom. The van der Waals surface area contributed by atoms with Gasteiger partial charge in [-0.1, -0.05) is 25.4 Å². The van der Waals surface area contributed by atoms with Crippen LogP contribution in [0, 0.1) is 5.92 Å². The van der Waals surface area contributed by atoms with Gasteiger partial charge in [0.15, 0.2) is 0 Å². The molecule has 1 atom stereocenters. The molecule has 1 rings (SSSR count). The normalized spacial score (nSPS) is 11.8. The van der Waals surface area contributed by atoms with E-state index >= 15 is 0 Å². The average molecular weight is 301 g/mol. The molecule has 0 radical (unpaired) electrons. The van der Waals surface area contributed by atoms with Crippen LogP contribution in [0.15, 0.2) is 18.2 Å². The molecule has 0 spiro atoms. The van der Waals surface area contributed by atoms with Gasteiger partial charge in [0, 0.05) is 11.8 Å². The second kappa shape index (κ2) is 7.00. The van der Waals surface area contributed by atoms with Crippen molar-refractivity contribution in [2.24, 2.45) is 5.92 Å². The van der Waals surface area contributed by atoms with Crippen LogP contribution in [0.1, 0.15) is 13.8 Å².